The normalized spacial score (nSPS) is 20.4. The van der Waals surface area contributed by atoms with Crippen molar-refractivity contribution in [1.82, 2.24) is 0 Å². The van der Waals surface area contributed by atoms with E-state index in [-0.39, 0.29) is 10.8 Å². The predicted octanol–water partition coefficient (Wildman–Crippen LogP) is 10.6. The van der Waals surface area contributed by atoms with Gasteiger partial charge in [0.15, 0.2) is 5.71 Å². The Kier molecular flexibility index (Phi) is 11.1. The maximum absolute atomic E-state index is 8.38. The van der Waals surface area contributed by atoms with Gasteiger partial charge in [-0.3, -0.25) is 0 Å². The molecule has 0 saturated heterocycles. The third-order valence-corrected chi connectivity index (χ3v) is 10.7. The molecule has 0 unspecified atom stereocenters. The minimum atomic E-state index is -0.116. The molecule has 7 heteroatoms. The van der Waals surface area contributed by atoms with Crippen LogP contribution in [0.4, 0.5) is 11.4 Å². The van der Waals surface area contributed by atoms with E-state index in [1.54, 1.807) is 0 Å². The van der Waals surface area contributed by atoms with Gasteiger partial charge >= 0.3 is 0 Å². The van der Waals surface area contributed by atoms with Gasteiger partial charge in [0.25, 0.3) is 0 Å². The summed E-state index contributed by atoms with van der Waals surface area (Å²) in [7, 11) is 0. The molecule has 0 atom stereocenters. The first-order chi connectivity index (χ1) is 21.7. The molecule has 0 spiro atoms. The fraction of sp³-hybridized carbons (Fsp3) is 0.447. The predicted molar refractivity (Wildman–Crippen MR) is 190 cm³/mol. The molecule has 0 bridgehead atoms. The van der Waals surface area contributed by atoms with Crippen molar-refractivity contribution in [2.45, 2.75) is 90.4 Å². The number of halogens is 1. The van der Waals surface area contributed by atoms with Gasteiger partial charge in [-0.1, -0.05) is 92.4 Å². The highest BCUT2D eigenvalue weighted by Crippen LogP contribution is 2.48. The number of fused-ring (bicyclic) bond motifs is 2. The van der Waals surface area contributed by atoms with E-state index < -0.39 is 0 Å². The summed E-state index contributed by atoms with van der Waals surface area (Å²) in [4.78, 5) is 2.46. The van der Waals surface area contributed by atoms with E-state index in [0.717, 1.165) is 61.6 Å². The van der Waals surface area contributed by atoms with Crippen molar-refractivity contribution < 1.29 is 19.2 Å². The van der Waals surface area contributed by atoms with Gasteiger partial charge in [0.05, 0.1) is 5.41 Å². The number of anilines is 1. The Morgan fingerprint density at radius 2 is 1.67 bits per heavy atom. The molecule has 5 nitrogen and oxygen atoms in total. The molecule has 0 aromatic heterocycles. The van der Waals surface area contributed by atoms with Gasteiger partial charge in [0, 0.05) is 70.3 Å². The largest absolute Gasteiger partial charge is 0.344 e. The molecule has 2 heterocycles. The van der Waals surface area contributed by atoms with Gasteiger partial charge in [-0.2, -0.15) is 4.58 Å². The summed E-state index contributed by atoms with van der Waals surface area (Å²) in [5, 5.41) is 13.0. The number of hydrogen-bond donors (Lipinski definition) is 1. The molecule has 2 aromatic carbocycles. The minimum absolute atomic E-state index is 0.0567. The second-order valence-corrected chi connectivity index (χ2v) is 14.4. The van der Waals surface area contributed by atoms with Gasteiger partial charge in [-0.25, -0.2) is 5.26 Å². The molecule has 1 N–H and O–H groups in total. The average molecular weight is 648 g/mol. The molecule has 240 valence electrons. The Balaban J connectivity index is 1.39. The summed E-state index contributed by atoms with van der Waals surface area (Å²) in [5.41, 5.74) is 10.2. The van der Waals surface area contributed by atoms with Crippen LogP contribution in [0.15, 0.2) is 94.7 Å². The zero-order valence-electron chi connectivity index (χ0n) is 27.4. The number of allylic oxidation sites excluding steroid dienone is 8. The lowest BCUT2D eigenvalue weighted by Gasteiger charge is -2.27. The quantitative estimate of drug-likeness (QED) is 0.0727. The fourth-order valence-electron chi connectivity index (χ4n) is 7.14. The van der Waals surface area contributed by atoms with Gasteiger partial charge in [0.2, 0.25) is 5.69 Å². The standard InChI is InChI=1S/C38H47ClN2O3S/c1-6-7-12-25-40-32-17-10-8-15-30(32)37(2,3)34(40)23-21-28-19-20-29(36(28)39)22-24-35-38(4,5)31-16-9-11-18-33(31)41(35)26-13-14-27-45-44-43-42/h8-11,15-18,21-24H,6-7,12-14,19-20,25-27H2,1-5H3/p+1. The van der Waals surface area contributed by atoms with E-state index >= 15 is 0 Å². The molecule has 5 rings (SSSR count). The number of rotatable bonds is 14. The molecule has 0 amide bonds. The molecule has 45 heavy (non-hydrogen) atoms. The first-order valence-electron chi connectivity index (χ1n) is 16.4. The molecular formula is C38H48ClN2O3S+. The topological polar surface area (TPSA) is 44.9 Å². The monoisotopic (exact) mass is 647 g/mol. The summed E-state index contributed by atoms with van der Waals surface area (Å²) in [6, 6.07) is 17.6. The highest BCUT2D eigenvalue weighted by molar-refractivity contribution is 7.94. The zero-order chi connectivity index (χ0) is 32.0. The molecular weight excluding hydrogens is 600 g/mol. The van der Waals surface area contributed by atoms with Crippen LogP contribution in [-0.4, -0.2) is 34.4 Å². The first kappa shape index (κ1) is 33.7. The molecule has 3 aliphatic rings. The van der Waals surface area contributed by atoms with Crippen molar-refractivity contribution in [2.24, 2.45) is 0 Å². The van der Waals surface area contributed by atoms with Crippen LogP contribution in [0.5, 0.6) is 0 Å². The van der Waals surface area contributed by atoms with Crippen molar-refractivity contribution in [3.63, 3.8) is 0 Å². The van der Waals surface area contributed by atoms with Crippen LogP contribution in [0.2, 0.25) is 0 Å². The molecule has 1 aliphatic carbocycles. The molecule has 0 fully saturated rings. The highest BCUT2D eigenvalue weighted by Gasteiger charge is 2.44. The zero-order valence-corrected chi connectivity index (χ0v) is 29.0. The van der Waals surface area contributed by atoms with E-state index in [1.165, 1.54) is 64.3 Å². The van der Waals surface area contributed by atoms with E-state index in [2.05, 4.69) is 126 Å². The summed E-state index contributed by atoms with van der Waals surface area (Å²) in [5.74, 6) is 0.748. The van der Waals surface area contributed by atoms with Crippen molar-refractivity contribution in [3.8, 4) is 0 Å². The average Bonchev–Trinajstić information content (AvgIpc) is 3.57. The first-order valence-corrected chi connectivity index (χ1v) is 17.7. The number of hydrogen-bond acceptors (Lipinski definition) is 5. The maximum atomic E-state index is 8.38. The molecule has 2 aliphatic heterocycles. The van der Waals surface area contributed by atoms with Gasteiger partial charge in [-0.15, -0.1) is 4.33 Å². The lowest BCUT2D eigenvalue weighted by atomic mass is 9.81. The van der Waals surface area contributed by atoms with E-state index in [0.29, 0.717) is 0 Å². The number of unbranched alkanes of at least 4 members (excludes halogenated alkanes) is 3. The lowest BCUT2D eigenvalue weighted by molar-refractivity contribution is -0.438. The number of nitrogens with zero attached hydrogens (tertiary/aromatic N) is 2. The van der Waals surface area contributed by atoms with Crippen LogP contribution >= 0.6 is 23.6 Å². The number of para-hydroxylation sites is 2. The Bertz CT molecular complexity index is 1530. The summed E-state index contributed by atoms with van der Waals surface area (Å²) in [6.07, 6.45) is 16.6. The SMILES string of the molecule is CCCCC[N+]1=C(C=CC2=C(Cl)C(=CC=C3N(CCCCSOOO)c4ccccc4C3(C)C)CC2)C(C)(C)c2ccccc21. The molecule has 0 radical (unpaired) electrons. The maximum Gasteiger partial charge on any atom is 0.209 e. The van der Waals surface area contributed by atoms with Crippen LogP contribution in [0, 0.1) is 0 Å². The van der Waals surface area contributed by atoms with E-state index in [9.17, 15) is 0 Å². The Morgan fingerprint density at radius 1 is 0.911 bits per heavy atom. The molecule has 2 aromatic rings. The summed E-state index contributed by atoms with van der Waals surface area (Å²) in [6.45, 7) is 13.5. The van der Waals surface area contributed by atoms with Crippen LogP contribution in [-0.2, 0) is 20.2 Å². The fourth-order valence-corrected chi connectivity index (χ4v) is 7.89. The minimum Gasteiger partial charge on any atom is -0.344 e. The van der Waals surface area contributed by atoms with Gasteiger partial charge in [-0.05, 0) is 74.8 Å². The summed E-state index contributed by atoms with van der Waals surface area (Å²) < 4.78 is 7.07. The van der Waals surface area contributed by atoms with Crippen molar-refractivity contribution in [1.29, 1.82) is 0 Å². The third kappa shape index (κ3) is 7.06. The second-order valence-electron chi connectivity index (χ2n) is 13.3. The Hall–Kier alpha value is -2.61. The third-order valence-electron chi connectivity index (χ3n) is 9.63. The number of benzene rings is 2. The second kappa shape index (κ2) is 14.9. The van der Waals surface area contributed by atoms with Crippen molar-refractivity contribution in [3.05, 3.63) is 106 Å². The smallest absolute Gasteiger partial charge is 0.209 e. The van der Waals surface area contributed by atoms with Gasteiger partial charge in [0.1, 0.15) is 6.54 Å². The van der Waals surface area contributed by atoms with E-state index in [1.807, 2.05) is 0 Å². The highest BCUT2D eigenvalue weighted by atomic mass is 35.5. The van der Waals surface area contributed by atoms with Crippen LogP contribution < -0.4 is 4.90 Å². The Morgan fingerprint density at radius 3 is 2.44 bits per heavy atom. The van der Waals surface area contributed by atoms with Crippen molar-refractivity contribution in [2.75, 3.05) is 23.7 Å². The molecule has 0 saturated carbocycles. The van der Waals surface area contributed by atoms with Crippen LogP contribution in [0.1, 0.15) is 90.7 Å². The van der Waals surface area contributed by atoms with Crippen LogP contribution in [0.3, 0.4) is 0 Å². The Labute approximate surface area is 279 Å². The van der Waals surface area contributed by atoms with Crippen molar-refractivity contribution >= 4 is 40.7 Å². The summed E-state index contributed by atoms with van der Waals surface area (Å²) >= 11 is 8.22. The van der Waals surface area contributed by atoms with E-state index in [4.69, 9.17) is 16.9 Å². The van der Waals surface area contributed by atoms with Crippen LogP contribution in [0.25, 0.3) is 0 Å². The van der Waals surface area contributed by atoms with Gasteiger partial charge < -0.3 is 4.90 Å². The lowest BCUT2D eigenvalue weighted by Crippen LogP contribution is -2.28.